The summed E-state index contributed by atoms with van der Waals surface area (Å²) in [4.78, 5) is 4.16. The Labute approximate surface area is 113 Å². The number of aromatic nitrogens is 1. The van der Waals surface area contributed by atoms with Gasteiger partial charge in [0.15, 0.2) is 0 Å². The van der Waals surface area contributed by atoms with E-state index < -0.39 is 8.32 Å². The molecule has 0 aliphatic rings. The van der Waals surface area contributed by atoms with Gasteiger partial charge in [-0.1, -0.05) is 47.6 Å². The average Bonchev–Trinajstić information content (AvgIpc) is 2.29. The first-order valence-electron chi connectivity index (χ1n) is 6.94. The molecule has 0 bridgehead atoms. The molecular weight excluding hydrogens is 238 g/mol. The Kier molecular flexibility index (Phi) is 5.54. The SMILES string of the molecule is CC(C)[Si](OCc1cccnc1)(C(C)C)C(C)C. The summed E-state index contributed by atoms with van der Waals surface area (Å²) in [7, 11) is -1.74. The summed E-state index contributed by atoms with van der Waals surface area (Å²) in [5, 5.41) is 0. The van der Waals surface area contributed by atoms with Gasteiger partial charge in [-0.15, -0.1) is 0 Å². The van der Waals surface area contributed by atoms with E-state index in [-0.39, 0.29) is 0 Å². The van der Waals surface area contributed by atoms with Crippen LogP contribution in [0.2, 0.25) is 16.6 Å². The molecule has 0 amide bonds. The Balaban J connectivity index is 2.86. The maximum Gasteiger partial charge on any atom is 0.200 e. The van der Waals surface area contributed by atoms with E-state index in [1.807, 2.05) is 18.5 Å². The van der Waals surface area contributed by atoms with Crippen LogP contribution in [0.5, 0.6) is 0 Å². The first-order chi connectivity index (χ1) is 8.41. The third kappa shape index (κ3) is 3.21. The Bertz CT molecular complexity index is 327. The molecule has 2 nitrogen and oxygen atoms in total. The largest absolute Gasteiger partial charge is 0.412 e. The van der Waals surface area contributed by atoms with Crippen LogP contribution >= 0.6 is 0 Å². The van der Waals surface area contributed by atoms with Crippen molar-refractivity contribution in [3.05, 3.63) is 30.1 Å². The third-order valence-corrected chi connectivity index (χ3v) is 9.98. The van der Waals surface area contributed by atoms with Crippen molar-refractivity contribution in [1.82, 2.24) is 4.98 Å². The van der Waals surface area contributed by atoms with E-state index in [9.17, 15) is 0 Å². The zero-order valence-electron chi connectivity index (χ0n) is 12.6. The lowest BCUT2D eigenvalue weighted by atomic mass is 10.3. The van der Waals surface area contributed by atoms with Crippen LogP contribution in [0.1, 0.15) is 47.1 Å². The summed E-state index contributed by atoms with van der Waals surface area (Å²) in [6.45, 7) is 14.6. The number of rotatable bonds is 6. The molecular formula is C15H27NOSi. The van der Waals surface area contributed by atoms with Gasteiger partial charge in [0.05, 0.1) is 6.61 Å². The molecule has 102 valence electrons. The van der Waals surface area contributed by atoms with Gasteiger partial charge in [0.25, 0.3) is 0 Å². The highest BCUT2D eigenvalue weighted by Gasteiger charge is 2.44. The van der Waals surface area contributed by atoms with Gasteiger partial charge in [0.2, 0.25) is 8.32 Å². The van der Waals surface area contributed by atoms with E-state index >= 15 is 0 Å². The van der Waals surface area contributed by atoms with Crippen LogP contribution in [0.3, 0.4) is 0 Å². The minimum Gasteiger partial charge on any atom is -0.412 e. The zero-order valence-corrected chi connectivity index (χ0v) is 13.6. The Morgan fingerprint density at radius 1 is 1.06 bits per heavy atom. The summed E-state index contributed by atoms with van der Waals surface area (Å²) in [5.41, 5.74) is 3.08. The quantitative estimate of drug-likeness (QED) is 0.691. The molecule has 0 unspecified atom stereocenters. The van der Waals surface area contributed by atoms with Gasteiger partial charge < -0.3 is 4.43 Å². The van der Waals surface area contributed by atoms with Crippen molar-refractivity contribution in [3.63, 3.8) is 0 Å². The maximum atomic E-state index is 6.50. The smallest absolute Gasteiger partial charge is 0.200 e. The lowest BCUT2D eigenvalue weighted by Gasteiger charge is -2.42. The van der Waals surface area contributed by atoms with Crippen LogP contribution in [0, 0.1) is 0 Å². The van der Waals surface area contributed by atoms with Crippen LogP contribution in [-0.4, -0.2) is 13.3 Å². The van der Waals surface area contributed by atoms with Crippen molar-refractivity contribution in [2.45, 2.75) is 64.8 Å². The van der Waals surface area contributed by atoms with E-state index in [0.717, 1.165) is 0 Å². The highest BCUT2D eigenvalue weighted by Crippen LogP contribution is 2.42. The van der Waals surface area contributed by atoms with Gasteiger partial charge in [0, 0.05) is 12.4 Å². The molecule has 0 radical (unpaired) electrons. The lowest BCUT2D eigenvalue weighted by Crippen LogP contribution is -2.47. The molecule has 1 aromatic rings. The predicted octanol–water partition coefficient (Wildman–Crippen LogP) is 4.77. The minimum absolute atomic E-state index is 0.633. The average molecular weight is 265 g/mol. The lowest BCUT2D eigenvalue weighted by molar-refractivity contribution is 0.265. The molecule has 0 fully saturated rings. The Morgan fingerprint density at radius 3 is 2.00 bits per heavy atom. The van der Waals surface area contributed by atoms with Gasteiger partial charge in [0.1, 0.15) is 0 Å². The van der Waals surface area contributed by atoms with Crippen molar-refractivity contribution < 1.29 is 4.43 Å². The predicted molar refractivity (Wildman–Crippen MR) is 80.1 cm³/mol. The molecule has 0 aliphatic heterocycles. The van der Waals surface area contributed by atoms with Crippen molar-refractivity contribution in [1.29, 1.82) is 0 Å². The second-order valence-electron chi connectivity index (χ2n) is 5.97. The highest BCUT2D eigenvalue weighted by atomic mass is 28.4. The van der Waals surface area contributed by atoms with Crippen LogP contribution in [0.4, 0.5) is 0 Å². The second kappa shape index (κ2) is 6.48. The molecule has 3 heteroatoms. The summed E-state index contributed by atoms with van der Waals surface area (Å²) < 4.78 is 6.50. The van der Waals surface area contributed by atoms with Crippen molar-refractivity contribution >= 4 is 8.32 Å². The first kappa shape index (κ1) is 15.4. The number of pyridine rings is 1. The minimum atomic E-state index is -1.74. The summed E-state index contributed by atoms with van der Waals surface area (Å²) in [6.07, 6.45) is 3.71. The number of nitrogens with zero attached hydrogens (tertiary/aromatic N) is 1. The maximum absolute atomic E-state index is 6.50. The molecule has 0 spiro atoms. The molecule has 0 aliphatic carbocycles. The monoisotopic (exact) mass is 265 g/mol. The normalized spacial score (nSPS) is 12.7. The van der Waals surface area contributed by atoms with Crippen molar-refractivity contribution in [2.24, 2.45) is 0 Å². The molecule has 0 atom stereocenters. The fourth-order valence-electron chi connectivity index (χ4n) is 3.19. The first-order valence-corrected chi connectivity index (χ1v) is 9.08. The molecule has 1 rings (SSSR count). The molecule has 0 N–H and O–H groups in total. The second-order valence-corrected chi connectivity index (χ2v) is 11.4. The number of hydrogen-bond acceptors (Lipinski definition) is 2. The van der Waals surface area contributed by atoms with E-state index in [1.54, 1.807) is 0 Å². The molecule has 1 aromatic heterocycles. The van der Waals surface area contributed by atoms with E-state index in [2.05, 4.69) is 52.6 Å². The van der Waals surface area contributed by atoms with Gasteiger partial charge in [-0.25, -0.2) is 0 Å². The molecule has 0 aromatic carbocycles. The number of hydrogen-bond donors (Lipinski definition) is 0. The fourth-order valence-corrected chi connectivity index (χ4v) is 8.61. The summed E-state index contributed by atoms with van der Waals surface area (Å²) in [6, 6.07) is 4.06. The van der Waals surface area contributed by atoms with Gasteiger partial charge in [-0.05, 0) is 28.3 Å². The summed E-state index contributed by atoms with van der Waals surface area (Å²) >= 11 is 0. The highest BCUT2D eigenvalue weighted by molar-refractivity contribution is 6.77. The van der Waals surface area contributed by atoms with Crippen LogP contribution in [0.25, 0.3) is 0 Å². The standard InChI is InChI=1S/C15H27NOSi/c1-12(2)18(13(3)4,14(5)6)17-11-15-8-7-9-16-10-15/h7-10,12-14H,11H2,1-6H3. The van der Waals surface area contributed by atoms with Gasteiger partial charge >= 0.3 is 0 Å². The van der Waals surface area contributed by atoms with Gasteiger partial charge in [-0.2, -0.15) is 0 Å². The molecule has 18 heavy (non-hydrogen) atoms. The zero-order chi connectivity index (χ0) is 13.8. The van der Waals surface area contributed by atoms with Crippen molar-refractivity contribution in [2.75, 3.05) is 0 Å². The van der Waals surface area contributed by atoms with Crippen LogP contribution in [-0.2, 0) is 11.0 Å². The third-order valence-electron chi connectivity index (χ3n) is 3.92. The van der Waals surface area contributed by atoms with Crippen LogP contribution in [0.15, 0.2) is 24.5 Å². The fraction of sp³-hybridized carbons (Fsp3) is 0.667. The Hall–Kier alpha value is -0.673. The topological polar surface area (TPSA) is 22.1 Å². The van der Waals surface area contributed by atoms with Crippen LogP contribution < -0.4 is 0 Å². The molecule has 1 heterocycles. The molecule has 0 saturated carbocycles. The van der Waals surface area contributed by atoms with Crippen molar-refractivity contribution in [3.8, 4) is 0 Å². The molecule has 0 saturated heterocycles. The van der Waals surface area contributed by atoms with E-state index in [4.69, 9.17) is 4.43 Å². The van der Waals surface area contributed by atoms with E-state index in [0.29, 0.717) is 23.2 Å². The summed E-state index contributed by atoms with van der Waals surface area (Å²) in [5.74, 6) is 0. The van der Waals surface area contributed by atoms with E-state index in [1.165, 1.54) is 5.56 Å². The Morgan fingerprint density at radius 2 is 1.61 bits per heavy atom. The van der Waals surface area contributed by atoms with Gasteiger partial charge in [-0.3, -0.25) is 4.98 Å².